The van der Waals surface area contributed by atoms with Crippen molar-refractivity contribution >= 4 is 45.8 Å². The highest BCUT2D eigenvalue weighted by atomic mass is 16.1. The Morgan fingerprint density at radius 2 is 1.92 bits per heavy atom. The molecule has 2 heterocycles. The summed E-state index contributed by atoms with van der Waals surface area (Å²) in [4.78, 5) is 18.6. The van der Waals surface area contributed by atoms with Gasteiger partial charge in [0.15, 0.2) is 5.65 Å². The number of para-hydroxylation sites is 1. The number of nitrogens with zero attached hydrogens (tertiary/aromatic N) is 4. The molecule has 0 aliphatic heterocycles. The Morgan fingerprint density at radius 3 is 2.73 bits per heavy atom. The third kappa shape index (κ3) is 3.20. The number of hydrazone groups is 1. The van der Waals surface area contributed by atoms with Gasteiger partial charge in [-0.1, -0.05) is 30.3 Å². The normalized spacial score (nSPS) is 11.3. The van der Waals surface area contributed by atoms with Crippen molar-refractivity contribution in [1.82, 2.24) is 20.2 Å². The monoisotopic (exact) mass is 345 g/mol. The maximum absolute atomic E-state index is 11.0. The van der Waals surface area contributed by atoms with Gasteiger partial charge in [-0.3, -0.25) is 4.79 Å². The van der Waals surface area contributed by atoms with E-state index in [1.807, 2.05) is 36.4 Å². The Kier molecular flexibility index (Phi) is 3.98. The highest BCUT2D eigenvalue weighted by Gasteiger charge is 2.07. The van der Waals surface area contributed by atoms with Gasteiger partial charge in [0.2, 0.25) is 5.91 Å². The molecule has 0 fully saturated rings. The summed E-state index contributed by atoms with van der Waals surface area (Å²) >= 11 is 0. The van der Waals surface area contributed by atoms with Crippen molar-refractivity contribution in [3.63, 3.8) is 0 Å². The van der Waals surface area contributed by atoms with E-state index in [9.17, 15) is 4.79 Å². The summed E-state index contributed by atoms with van der Waals surface area (Å²) < 4.78 is 0. The topological polar surface area (TPSA) is 108 Å². The summed E-state index contributed by atoms with van der Waals surface area (Å²) in [6.45, 7) is 1.47. The summed E-state index contributed by atoms with van der Waals surface area (Å²) in [5.41, 5.74) is 6.71. The molecule has 2 aromatic carbocycles. The van der Waals surface area contributed by atoms with Crippen LogP contribution in [0.1, 0.15) is 12.5 Å². The fraction of sp³-hybridized carbons (Fsp3) is 0.0556. The molecule has 26 heavy (non-hydrogen) atoms. The lowest BCUT2D eigenvalue weighted by molar-refractivity contribution is -0.114. The Hall–Kier alpha value is -3.81. The molecular weight excluding hydrogens is 330 g/mol. The Balaban J connectivity index is 1.49. The van der Waals surface area contributed by atoms with Crippen LogP contribution in [0.4, 0.5) is 11.6 Å². The number of fused-ring (bicyclic) bond motifs is 3. The van der Waals surface area contributed by atoms with E-state index in [4.69, 9.17) is 0 Å². The van der Waals surface area contributed by atoms with Crippen LogP contribution < -0.4 is 10.7 Å². The van der Waals surface area contributed by atoms with Crippen molar-refractivity contribution in [1.29, 1.82) is 0 Å². The molecule has 0 saturated heterocycles. The number of hydrogen-bond acceptors (Lipinski definition) is 6. The number of aromatic nitrogens is 4. The molecule has 4 aromatic rings. The molecule has 8 nitrogen and oxygen atoms in total. The number of carbonyl (C=O) groups is 1. The summed E-state index contributed by atoms with van der Waals surface area (Å²) in [6.07, 6.45) is 1.64. The first kappa shape index (κ1) is 15.7. The van der Waals surface area contributed by atoms with E-state index in [0.29, 0.717) is 11.6 Å². The first-order valence-corrected chi connectivity index (χ1v) is 7.97. The van der Waals surface area contributed by atoms with Crippen LogP contribution in [-0.2, 0) is 4.79 Å². The van der Waals surface area contributed by atoms with Crippen LogP contribution in [0.25, 0.3) is 22.1 Å². The third-order valence-corrected chi connectivity index (χ3v) is 3.73. The number of hydrogen-bond donors (Lipinski definition) is 3. The van der Waals surface area contributed by atoms with E-state index in [2.05, 4.69) is 36.0 Å². The summed E-state index contributed by atoms with van der Waals surface area (Å²) in [6, 6.07) is 15.1. The van der Waals surface area contributed by atoms with Gasteiger partial charge in [0.05, 0.1) is 6.21 Å². The molecule has 0 unspecified atom stereocenters. The highest BCUT2D eigenvalue weighted by molar-refractivity contribution is 6.03. The van der Waals surface area contributed by atoms with Gasteiger partial charge < -0.3 is 10.3 Å². The van der Waals surface area contributed by atoms with E-state index in [0.717, 1.165) is 27.7 Å². The number of anilines is 2. The van der Waals surface area contributed by atoms with Crippen LogP contribution in [0, 0.1) is 0 Å². The van der Waals surface area contributed by atoms with Crippen molar-refractivity contribution in [3.05, 3.63) is 54.1 Å². The largest absolute Gasteiger partial charge is 0.338 e. The molecule has 0 radical (unpaired) electrons. The lowest BCUT2D eigenvalue weighted by Crippen LogP contribution is -2.05. The molecule has 8 heteroatoms. The van der Waals surface area contributed by atoms with E-state index < -0.39 is 0 Å². The van der Waals surface area contributed by atoms with Gasteiger partial charge >= 0.3 is 0 Å². The molecule has 128 valence electrons. The number of amides is 1. The fourth-order valence-electron chi connectivity index (χ4n) is 2.59. The van der Waals surface area contributed by atoms with Gasteiger partial charge in [0, 0.05) is 23.5 Å². The molecule has 0 spiro atoms. The van der Waals surface area contributed by atoms with Crippen LogP contribution in [0.5, 0.6) is 0 Å². The Morgan fingerprint density at radius 1 is 1.12 bits per heavy atom. The smallest absolute Gasteiger partial charge is 0.265 e. The molecule has 4 rings (SSSR count). The quantitative estimate of drug-likeness (QED) is 0.389. The predicted octanol–water partition coefficient (Wildman–Crippen LogP) is 2.91. The summed E-state index contributed by atoms with van der Waals surface area (Å²) in [5.74, 6) is 0.195. The lowest BCUT2D eigenvalue weighted by Gasteiger charge is -2.01. The van der Waals surface area contributed by atoms with E-state index in [-0.39, 0.29) is 5.91 Å². The van der Waals surface area contributed by atoms with Crippen LogP contribution in [0.15, 0.2) is 53.6 Å². The molecule has 2 aromatic heterocycles. The first-order chi connectivity index (χ1) is 12.7. The second kappa shape index (κ2) is 6.60. The number of nitrogens with one attached hydrogen (secondary N) is 3. The minimum Gasteiger partial charge on any atom is -0.338 e. The highest BCUT2D eigenvalue weighted by Crippen LogP contribution is 2.21. The molecular formula is C18H15N7O. The molecule has 0 aliphatic rings. The van der Waals surface area contributed by atoms with Crippen molar-refractivity contribution in [3.8, 4) is 0 Å². The number of aromatic amines is 1. The zero-order chi connectivity index (χ0) is 17.9. The standard InChI is InChI=1S/C18H15N7O/c1-11(26)20-13-8-6-12(7-9-13)10-19-24-18-22-17-16(23-25-18)14-4-2-3-5-15(14)21-17/h2-10H,1H3,(H,20,26)(H2,21,22,24,25)/b19-10-. The van der Waals surface area contributed by atoms with Crippen LogP contribution in [0.3, 0.4) is 0 Å². The van der Waals surface area contributed by atoms with Gasteiger partial charge in [0.25, 0.3) is 5.95 Å². The SMILES string of the molecule is CC(=O)Nc1ccc(/C=N\Nc2nnc3c(n2)[nH]c2ccccc23)cc1. The van der Waals surface area contributed by atoms with Gasteiger partial charge in [0.1, 0.15) is 5.52 Å². The molecule has 0 bridgehead atoms. The zero-order valence-corrected chi connectivity index (χ0v) is 13.9. The molecule has 1 amide bonds. The zero-order valence-electron chi connectivity index (χ0n) is 13.9. The van der Waals surface area contributed by atoms with Crippen molar-refractivity contribution in [2.45, 2.75) is 6.92 Å². The average Bonchev–Trinajstić information content (AvgIpc) is 3.00. The number of rotatable bonds is 4. The number of carbonyl (C=O) groups excluding carboxylic acids is 1. The van der Waals surface area contributed by atoms with Gasteiger partial charge in [-0.05, 0) is 23.8 Å². The predicted molar refractivity (Wildman–Crippen MR) is 101 cm³/mol. The van der Waals surface area contributed by atoms with E-state index in [1.54, 1.807) is 18.3 Å². The van der Waals surface area contributed by atoms with Crippen LogP contribution >= 0.6 is 0 Å². The third-order valence-electron chi connectivity index (χ3n) is 3.73. The fourth-order valence-corrected chi connectivity index (χ4v) is 2.59. The average molecular weight is 345 g/mol. The first-order valence-electron chi connectivity index (χ1n) is 7.97. The molecule has 0 saturated carbocycles. The van der Waals surface area contributed by atoms with Crippen molar-refractivity contribution in [2.75, 3.05) is 10.7 Å². The summed E-state index contributed by atoms with van der Waals surface area (Å²) in [5, 5.41) is 16.1. The minimum atomic E-state index is -0.106. The van der Waals surface area contributed by atoms with Gasteiger partial charge in [-0.25, -0.2) is 5.43 Å². The second-order valence-electron chi connectivity index (χ2n) is 5.68. The van der Waals surface area contributed by atoms with E-state index in [1.165, 1.54) is 6.92 Å². The second-order valence-corrected chi connectivity index (χ2v) is 5.68. The van der Waals surface area contributed by atoms with Gasteiger partial charge in [-0.15, -0.1) is 10.2 Å². The van der Waals surface area contributed by atoms with Crippen molar-refractivity contribution < 1.29 is 4.79 Å². The number of benzene rings is 2. The number of H-pyrrole nitrogens is 1. The Labute approximate surface area is 148 Å². The molecule has 3 N–H and O–H groups in total. The maximum Gasteiger partial charge on any atom is 0.265 e. The van der Waals surface area contributed by atoms with Crippen LogP contribution in [0.2, 0.25) is 0 Å². The maximum atomic E-state index is 11.0. The van der Waals surface area contributed by atoms with Gasteiger partial charge in [-0.2, -0.15) is 10.1 Å². The van der Waals surface area contributed by atoms with E-state index >= 15 is 0 Å². The lowest BCUT2D eigenvalue weighted by atomic mass is 10.2. The van der Waals surface area contributed by atoms with Crippen LogP contribution in [-0.4, -0.2) is 32.3 Å². The summed E-state index contributed by atoms with van der Waals surface area (Å²) in [7, 11) is 0. The minimum absolute atomic E-state index is 0.106. The Bertz CT molecular complexity index is 1120. The van der Waals surface area contributed by atoms with Crippen molar-refractivity contribution in [2.24, 2.45) is 5.10 Å². The molecule has 0 atom stereocenters. The molecule has 0 aliphatic carbocycles.